The first-order chi connectivity index (χ1) is 12.5. The third-order valence-electron chi connectivity index (χ3n) is 5.00. The van der Waals surface area contributed by atoms with Crippen LogP contribution < -0.4 is 4.90 Å². The lowest BCUT2D eigenvalue weighted by atomic mass is 10.0. The van der Waals surface area contributed by atoms with Gasteiger partial charge in [0.1, 0.15) is 5.82 Å². The highest BCUT2D eigenvalue weighted by atomic mass is 16.2. The standard InChI is InChI=1S/C21H28N4O/c1-5-9-19(26)25-13-12-18-17(14-25)21(24(4)15(2)3)23-20(22-18)16-10-7-6-8-11-16/h6-8,10-11,15H,5,9,12-14H2,1-4H3. The molecule has 1 amide bonds. The Kier molecular flexibility index (Phi) is 5.55. The molecule has 0 aliphatic carbocycles. The average molecular weight is 352 g/mol. The number of fused-ring (bicyclic) bond motifs is 1. The van der Waals surface area contributed by atoms with Crippen molar-refractivity contribution in [2.24, 2.45) is 0 Å². The summed E-state index contributed by atoms with van der Waals surface area (Å²) < 4.78 is 0. The van der Waals surface area contributed by atoms with E-state index in [0.717, 1.165) is 47.8 Å². The molecule has 5 nitrogen and oxygen atoms in total. The number of aromatic nitrogens is 2. The largest absolute Gasteiger partial charge is 0.357 e. The minimum Gasteiger partial charge on any atom is -0.357 e. The number of hydrogen-bond acceptors (Lipinski definition) is 4. The predicted octanol–water partition coefficient (Wildman–Crippen LogP) is 3.67. The smallest absolute Gasteiger partial charge is 0.222 e. The summed E-state index contributed by atoms with van der Waals surface area (Å²) in [6.45, 7) is 7.69. The van der Waals surface area contributed by atoms with Gasteiger partial charge in [-0.05, 0) is 20.3 Å². The Labute approximate surface area is 156 Å². The molecule has 0 saturated heterocycles. The zero-order valence-electron chi connectivity index (χ0n) is 16.2. The van der Waals surface area contributed by atoms with Crippen molar-refractivity contribution >= 4 is 11.7 Å². The zero-order chi connectivity index (χ0) is 18.7. The number of benzene rings is 1. The average Bonchev–Trinajstić information content (AvgIpc) is 2.67. The maximum atomic E-state index is 12.4. The van der Waals surface area contributed by atoms with E-state index < -0.39 is 0 Å². The van der Waals surface area contributed by atoms with Gasteiger partial charge in [0.25, 0.3) is 0 Å². The lowest BCUT2D eigenvalue weighted by Crippen LogP contribution is -2.38. The van der Waals surface area contributed by atoms with Crippen LogP contribution in [0, 0.1) is 0 Å². The van der Waals surface area contributed by atoms with E-state index in [1.165, 1.54) is 0 Å². The highest BCUT2D eigenvalue weighted by Gasteiger charge is 2.27. The van der Waals surface area contributed by atoms with Crippen LogP contribution in [0.25, 0.3) is 11.4 Å². The number of hydrogen-bond donors (Lipinski definition) is 0. The van der Waals surface area contributed by atoms with Crippen molar-refractivity contribution in [3.8, 4) is 11.4 Å². The Hall–Kier alpha value is -2.43. The Morgan fingerprint density at radius 3 is 2.62 bits per heavy atom. The number of carbonyl (C=O) groups is 1. The van der Waals surface area contributed by atoms with Crippen molar-refractivity contribution in [3.05, 3.63) is 41.6 Å². The molecule has 26 heavy (non-hydrogen) atoms. The number of nitrogens with zero attached hydrogens (tertiary/aromatic N) is 4. The topological polar surface area (TPSA) is 49.3 Å². The Balaban J connectivity index is 2.04. The fraction of sp³-hybridized carbons (Fsp3) is 0.476. The van der Waals surface area contributed by atoms with Crippen LogP contribution in [0.1, 0.15) is 44.9 Å². The minimum atomic E-state index is 0.225. The molecule has 3 rings (SSSR count). The van der Waals surface area contributed by atoms with E-state index in [2.05, 4.69) is 25.8 Å². The van der Waals surface area contributed by atoms with Crippen LogP contribution >= 0.6 is 0 Å². The molecule has 5 heteroatoms. The molecule has 1 aromatic carbocycles. The van der Waals surface area contributed by atoms with Crippen molar-refractivity contribution in [2.75, 3.05) is 18.5 Å². The Morgan fingerprint density at radius 2 is 1.96 bits per heavy atom. The summed E-state index contributed by atoms with van der Waals surface area (Å²) >= 11 is 0. The first-order valence-corrected chi connectivity index (χ1v) is 9.47. The van der Waals surface area contributed by atoms with Gasteiger partial charge in [-0.2, -0.15) is 0 Å². The summed E-state index contributed by atoms with van der Waals surface area (Å²) in [5.41, 5.74) is 3.19. The van der Waals surface area contributed by atoms with Gasteiger partial charge >= 0.3 is 0 Å². The van der Waals surface area contributed by atoms with Crippen LogP contribution in [0.2, 0.25) is 0 Å². The molecule has 0 unspecified atom stereocenters. The Bertz CT molecular complexity index is 773. The fourth-order valence-electron chi connectivity index (χ4n) is 3.23. The second-order valence-corrected chi connectivity index (χ2v) is 7.18. The van der Waals surface area contributed by atoms with E-state index in [-0.39, 0.29) is 5.91 Å². The number of carbonyl (C=O) groups excluding carboxylic acids is 1. The van der Waals surface area contributed by atoms with Gasteiger partial charge in [-0.15, -0.1) is 0 Å². The highest BCUT2D eigenvalue weighted by molar-refractivity contribution is 5.77. The lowest BCUT2D eigenvalue weighted by molar-refractivity contribution is -0.132. The molecule has 1 aromatic heterocycles. The van der Waals surface area contributed by atoms with E-state index in [4.69, 9.17) is 9.97 Å². The van der Waals surface area contributed by atoms with E-state index in [9.17, 15) is 4.79 Å². The van der Waals surface area contributed by atoms with Crippen molar-refractivity contribution < 1.29 is 4.79 Å². The molecule has 138 valence electrons. The summed E-state index contributed by atoms with van der Waals surface area (Å²) in [6, 6.07) is 10.4. The first kappa shape index (κ1) is 18.4. The molecule has 0 atom stereocenters. The maximum absolute atomic E-state index is 12.4. The predicted molar refractivity (Wildman–Crippen MR) is 105 cm³/mol. The Morgan fingerprint density at radius 1 is 1.23 bits per heavy atom. The van der Waals surface area contributed by atoms with Crippen molar-refractivity contribution in [1.29, 1.82) is 0 Å². The molecule has 0 spiro atoms. The summed E-state index contributed by atoms with van der Waals surface area (Å²) in [4.78, 5) is 26.3. The van der Waals surface area contributed by atoms with Crippen LogP contribution in [0.15, 0.2) is 30.3 Å². The molecule has 0 saturated carbocycles. The van der Waals surface area contributed by atoms with E-state index in [1.54, 1.807) is 0 Å². The van der Waals surface area contributed by atoms with Crippen LogP contribution in [0.4, 0.5) is 5.82 Å². The van der Waals surface area contributed by atoms with Gasteiger partial charge in [0, 0.05) is 43.6 Å². The third-order valence-corrected chi connectivity index (χ3v) is 5.00. The molecule has 1 aliphatic rings. The van der Waals surface area contributed by atoms with Crippen molar-refractivity contribution in [3.63, 3.8) is 0 Å². The van der Waals surface area contributed by atoms with Crippen LogP contribution in [-0.2, 0) is 17.8 Å². The minimum absolute atomic E-state index is 0.225. The molecular weight excluding hydrogens is 324 g/mol. The molecular formula is C21H28N4O. The van der Waals surface area contributed by atoms with Crippen molar-refractivity contribution in [1.82, 2.24) is 14.9 Å². The zero-order valence-corrected chi connectivity index (χ0v) is 16.2. The molecule has 0 radical (unpaired) electrons. The van der Waals surface area contributed by atoms with E-state index >= 15 is 0 Å². The summed E-state index contributed by atoms with van der Waals surface area (Å²) in [6.07, 6.45) is 2.27. The summed E-state index contributed by atoms with van der Waals surface area (Å²) in [5, 5.41) is 0. The van der Waals surface area contributed by atoms with Crippen LogP contribution in [0.5, 0.6) is 0 Å². The van der Waals surface area contributed by atoms with Gasteiger partial charge in [0.15, 0.2) is 5.82 Å². The SMILES string of the molecule is CCCC(=O)N1CCc2nc(-c3ccccc3)nc(N(C)C(C)C)c2C1. The quantitative estimate of drug-likeness (QED) is 0.824. The second-order valence-electron chi connectivity index (χ2n) is 7.18. The summed E-state index contributed by atoms with van der Waals surface area (Å²) in [5.74, 6) is 1.93. The molecule has 2 aromatic rings. The number of amides is 1. The van der Waals surface area contributed by atoms with Crippen molar-refractivity contribution in [2.45, 2.75) is 52.6 Å². The lowest BCUT2D eigenvalue weighted by Gasteiger charge is -2.33. The van der Waals surface area contributed by atoms with E-state index in [1.807, 2.05) is 42.2 Å². The molecule has 1 aliphatic heterocycles. The maximum Gasteiger partial charge on any atom is 0.222 e. The monoisotopic (exact) mass is 352 g/mol. The van der Waals surface area contributed by atoms with Gasteiger partial charge in [0.2, 0.25) is 5.91 Å². The van der Waals surface area contributed by atoms with Gasteiger partial charge in [0.05, 0.1) is 12.2 Å². The first-order valence-electron chi connectivity index (χ1n) is 9.47. The summed E-state index contributed by atoms with van der Waals surface area (Å²) in [7, 11) is 2.06. The van der Waals surface area contributed by atoms with Gasteiger partial charge in [-0.1, -0.05) is 37.3 Å². The number of anilines is 1. The fourth-order valence-corrected chi connectivity index (χ4v) is 3.23. The molecule has 0 bridgehead atoms. The highest BCUT2D eigenvalue weighted by Crippen LogP contribution is 2.30. The second kappa shape index (κ2) is 7.85. The third kappa shape index (κ3) is 3.71. The van der Waals surface area contributed by atoms with Gasteiger partial charge in [-0.25, -0.2) is 9.97 Å². The number of rotatable bonds is 5. The van der Waals surface area contributed by atoms with Crippen LogP contribution in [-0.4, -0.2) is 40.4 Å². The van der Waals surface area contributed by atoms with E-state index in [0.29, 0.717) is 19.0 Å². The normalized spacial score (nSPS) is 13.7. The van der Waals surface area contributed by atoms with Gasteiger partial charge < -0.3 is 9.80 Å². The van der Waals surface area contributed by atoms with Crippen LogP contribution in [0.3, 0.4) is 0 Å². The molecule has 0 N–H and O–H groups in total. The van der Waals surface area contributed by atoms with Gasteiger partial charge in [-0.3, -0.25) is 4.79 Å². The molecule has 0 fully saturated rings. The molecule has 2 heterocycles.